The van der Waals surface area contributed by atoms with Crippen molar-refractivity contribution in [3.8, 4) is 0 Å². The summed E-state index contributed by atoms with van der Waals surface area (Å²) in [5.74, 6) is -0.291. The number of rotatable bonds is 4. The Morgan fingerprint density at radius 3 is 2.61 bits per heavy atom. The van der Waals surface area contributed by atoms with Crippen LogP contribution in [0.1, 0.15) is 33.4 Å². The van der Waals surface area contributed by atoms with Gasteiger partial charge in [0.25, 0.3) is 0 Å². The van der Waals surface area contributed by atoms with Crippen molar-refractivity contribution in [3.63, 3.8) is 0 Å². The third kappa shape index (κ3) is 4.16. The molecule has 0 aliphatic carbocycles. The molecule has 0 unspecified atom stereocenters. The average Bonchev–Trinajstić information content (AvgIpc) is 2.77. The number of aromatic nitrogens is 2. The number of aromatic amines is 1. The van der Waals surface area contributed by atoms with Crippen LogP contribution in [0.15, 0.2) is 18.6 Å². The maximum absolute atomic E-state index is 11.8. The number of hydrogen-bond acceptors (Lipinski definition) is 3. The number of ketones is 1. The fourth-order valence-corrected chi connectivity index (χ4v) is 1.16. The zero-order valence-electron chi connectivity index (χ0n) is 11.2. The maximum Gasteiger partial charge on any atom is 0.225 e. The summed E-state index contributed by atoms with van der Waals surface area (Å²) in [6.07, 6.45) is 6.22. The first kappa shape index (κ1) is 14.2. The molecule has 0 aliphatic heterocycles. The average molecular weight is 249 g/mol. The molecular weight excluding hydrogens is 230 g/mol. The molecule has 0 aliphatic rings. The van der Waals surface area contributed by atoms with Crippen LogP contribution in [0.5, 0.6) is 0 Å². The summed E-state index contributed by atoms with van der Waals surface area (Å²) in [6, 6.07) is -0.532. The highest BCUT2D eigenvalue weighted by Crippen LogP contribution is 2.13. The van der Waals surface area contributed by atoms with Crippen molar-refractivity contribution in [2.24, 2.45) is 5.41 Å². The minimum atomic E-state index is -0.532. The van der Waals surface area contributed by atoms with Gasteiger partial charge in [-0.05, 0) is 19.1 Å². The molecule has 0 bridgehead atoms. The van der Waals surface area contributed by atoms with Crippen molar-refractivity contribution in [1.82, 2.24) is 15.3 Å². The molecule has 1 aromatic heterocycles. The number of imidazole rings is 1. The van der Waals surface area contributed by atoms with E-state index in [1.54, 1.807) is 40.0 Å². The second-order valence-corrected chi connectivity index (χ2v) is 5.19. The van der Waals surface area contributed by atoms with Crippen molar-refractivity contribution >= 4 is 17.8 Å². The summed E-state index contributed by atoms with van der Waals surface area (Å²) in [5.41, 5.74) is 0.249. The van der Waals surface area contributed by atoms with Gasteiger partial charge in [0.2, 0.25) is 5.91 Å². The lowest BCUT2D eigenvalue weighted by atomic mass is 9.95. The number of carbonyl (C=O) groups is 2. The zero-order chi connectivity index (χ0) is 13.8. The molecule has 0 fully saturated rings. The highest BCUT2D eigenvalue weighted by Gasteiger charge is 2.24. The van der Waals surface area contributed by atoms with Crippen molar-refractivity contribution in [1.29, 1.82) is 0 Å². The van der Waals surface area contributed by atoms with Gasteiger partial charge in [-0.3, -0.25) is 9.59 Å². The van der Waals surface area contributed by atoms with E-state index in [1.807, 2.05) is 0 Å². The molecule has 0 aromatic carbocycles. The normalized spacial score (nSPS) is 13.6. The lowest BCUT2D eigenvalue weighted by Crippen LogP contribution is -2.43. The SMILES string of the molecule is C[C@H](NC(=O)C(C)(C)C)C(=O)/C=C/c1cnc[nH]1. The third-order valence-corrected chi connectivity index (χ3v) is 2.40. The van der Waals surface area contributed by atoms with E-state index in [2.05, 4.69) is 15.3 Å². The van der Waals surface area contributed by atoms with Crippen molar-refractivity contribution in [3.05, 3.63) is 24.3 Å². The molecule has 1 amide bonds. The van der Waals surface area contributed by atoms with E-state index in [1.165, 1.54) is 12.4 Å². The smallest absolute Gasteiger partial charge is 0.225 e. The van der Waals surface area contributed by atoms with Gasteiger partial charge in [-0.15, -0.1) is 0 Å². The van der Waals surface area contributed by atoms with E-state index < -0.39 is 11.5 Å². The Morgan fingerprint density at radius 1 is 1.44 bits per heavy atom. The fraction of sp³-hybridized carbons (Fsp3) is 0.462. The van der Waals surface area contributed by atoms with E-state index in [0.717, 1.165) is 5.69 Å². The van der Waals surface area contributed by atoms with Crippen LogP contribution < -0.4 is 5.32 Å². The summed E-state index contributed by atoms with van der Waals surface area (Å²) in [7, 11) is 0. The first-order valence-electron chi connectivity index (χ1n) is 5.82. The van der Waals surface area contributed by atoms with Gasteiger partial charge in [0.15, 0.2) is 5.78 Å². The second kappa shape index (κ2) is 5.62. The predicted octanol–water partition coefficient (Wildman–Crippen LogP) is 1.54. The van der Waals surface area contributed by atoms with Gasteiger partial charge in [0, 0.05) is 5.41 Å². The molecule has 5 heteroatoms. The van der Waals surface area contributed by atoms with E-state index >= 15 is 0 Å². The monoisotopic (exact) mass is 249 g/mol. The lowest BCUT2D eigenvalue weighted by Gasteiger charge is -2.20. The van der Waals surface area contributed by atoms with Gasteiger partial charge in [-0.25, -0.2) is 4.98 Å². The maximum atomic E-state index is 11.8. The summed E-state index contributed by atoms with van der Waals surface area (Å²) < 4.78 is 0. The van der Waals surface area contributed by atoms with Crippen LogP contribution in [-0.4, -0.2) is 27.7 Å². The Labute approximate surface area is 107 Å². The van der Waals surface area contributed by atoms with Gasteiger partial charge >= 0.3 is 0 Å². The van der Waals surface area contributed by atoms with Crippen LogP contribution >= 0.6 is 0 Å². The molecule has 1 heterocycles. The minimum absolute atomic E-state index is 0.140. The number of nitrogens with one attached hydrogen (secondary N) is 2. The Kier molecular flexibility index (Phi) is 4.42. The number of carbonyl (C=O) groups excluding carboxylic acids is 2. The van der Waals surface area contributed by atoms with E-state index in [-0.39, 0.29) is 11.7 Å². The van der Waals surface area contributed by atoms with Crippen molar-refractivity contribution in [2.75, 3.05) is 0 Å². The number of hydrogen-bond donors (Lipinski definition) is 2. The largest absolute Gasteiger partial charge is 0.346 e. The second-order valence-electron chi connectivity index (χ2n) is 5.19. The topological polar surface area (TPSA) is 74.8 Å². The van der Waals surface area contributed by atoms with Crippen molar-refractivity contribution < 1.29 is 9.59 Å². The van der Waals surface area contributed by atoms with Gasteiger partial charge < -0.3 is 10.3 Å². The summed E-state index contributed by atoms with van der Waals surface area (Å²) in [6.45, 7) is 7.09. The van der Waals surface area contributed by atoms with Gasteiger partial charge in [-0.1, -0.05) is 20.8 Å². The van der Waals surface area contributed by atoms with Crippen LogP contribution in [0, 0.1) is 5.41 Å². The van der Waals surface area contributed by atoms with Crippen LogP contribution in [0.25, 0.3) is 6.08 Å². The number of amides is 1. The quantitative estimate of drug-likeness (QED) is 0.795. The zero-order valence-corrected chi connectivity index (χ0v) is 11.2. The summed E-state index contributed by atoms with van der Waals surface area (Å²) in [5, 5.41) is 2.68. The molecule has 1 rings (SSSR count). The molecule has 0 spiro atoms. The number of H-pyrrole nitrogens is 1. The Hall–Kier alpha value is -1.91. The van der Waals surface area contributed by atoms with Gasteiger partial charge in [0.05, 0.1) is 24.3 Å². The van der Waals surface area contributed by atoms with E-state index in [4.69, 9.17) is 0 Å². The van der Waals surface area contributed by atoms with E-state index in [0.29, 0.717) is 0 Å². The van der Waals surface area contributed by atoms with Crippen LogP contribution in [0.4, 0.5) is 0 Å². The molecule has 98 valence electrons. The summed E-state index contributed by atoms with van der Waals surface area (Å²) in [4.78, 5) is 30.2. The fourth-order valence-electron chi connectivity index (χ4n) is 1.16. The standard InChI is InChI=1S/C13H19N3O2/c1-9(16-12(18)13(2,3)4)11(17)6-5-10-7-14-8-15-10/h5-9H,1-4H3,(H,14,15)(H,16,18)/b6-5+/t9-/m0/s1. The molecule has 0 saturated heterocycles. The Morgan fingerprint density at radius 2 is 2.11 bits per heavy atom. The van der Waals surface area contributed by atoms with Gasteiger partial charge in [0.1, 0.15) is 0 Å². The van der Waals surface area contributed by atoms with Gasteiger partial charge in [-0.2, -0.15) is 0 Å². The van der Waals surface area contributed by atoms with Crippen LogP contribution in [0.2, 0.25) is 0 Å². The van der Waals surface area contributed by atoms with E-state index in [9.17, 15) is 9.59 Å². The first-order valence-corrected chi connectivity index (χ1v) is 5.82. The number of nitrogens with zero attached hydrogens (tertiary/aromatic N) is 1. The molecule has 1 aromatic rings. The molecule has 0 saturated carbocycles. The first-order chi connectivity index (χ1) is 8.30. The third-order valence-electron chi connectivity index (χ3n) is 2.40. The predicted molar refractivity (Wildman–Crippen MR) is 69.7 cm³/mol. The lowest BCUT2D eigenvalue weighted by molar-refractivity contribution is -0.131. The summed E-state index contributed by atoms with van der Waals surface area (Å²) >= 11 is 0. The highest BCUT2D eigenvalue weighted by atomic mass is 16.2. The van der Waals surface area contributed by atoms with Crippen LogP contribution in [-0.2, 0) is 9.59 Å². The van der Waals surface area contributed by atoms with Crippen LogP contribution in [0.3, 0.4) is 0 Å². The molecule has 1 atom stereocenters. The molecular formula is C13H19N3O2. The molecule has 18 heavy (non-hydrogen) atoms. The molecule has 0 radical (unpaired) electrons. The van der Waals surface area contributed by atoms with Crippen molar-refractivity contribution in [2.45, 2.75) is 33.7 Å². The highest BCUT2D eigenvalue weighted by molar-refractivity contribution is 5.99. The Bertz CT molecular complexity index is 441. The molecule has 2 N–H and O–H groups in total. The molecule has 5 nitrogen and oxygen atoms in total. The Balaban J connectivity index is 2.55. The minimum Gasteiger partial charge on any atom is -0.346 e.